The maximum absolute atomic E-state index is 11.4. The summed E-state index contributed by atoms with van der Waals surface area (Å²) in [6, 6.07) is 5.21. The van der Waals surface area contributed by atoms with Gasteiger partial charge < -0.3 is 10.5 Å². The van der Waals surface area contributed by atoms with Crippen molar-refractivity contribution in [3.63, 3.8) is 0 Å². The van der Waals surface area contributed by atoms with E-state index in [1.807, 2.05) is 6.07 Å². The monoisotopic (exact) mass is 252 g/mol. The summed E-state index contributed by atoms with van der Waals surface area (Å²) in [4.78, 5) is 11.4. The smallest absolute Gasteiger partial charge is 0.310 e. The van der Waals surface area contributed by atoms with E-state index in [0.717, 1.165) is 0 Å². The largest absolute Gasteiger partial charge is 0.466 e. The fourth-order valence-corrected chi connectivity index (χ4v) is 1.68. The Morgan fingerprint density at radius 3 is 2.76 bits per heavy atom. The SMILES string of the molecule is CCOC(=O)Cc1cc(CN)c(Cl)cc1C#N. The van der Waals surface area contributed by atoms with Crippen LogP contribution in [0.25, 0.3) is 0 Å². The molecular weight excluding hydrogens is 240 g/mol. The molecule has 0 fully saturated rings. The second-order valence-electron chi connectivity index (χ2n) is 3.40. The van der Waals surface area contributed by atoms with Crippen molar-refractivity contribution >= 4 is 17.6 Å². The van der Waals surface area contributed by atoms with E-state index in [9.17, 15) is 4.79 Å². The first-order valence-electron chi connectivity index (χ1n) is 5.19. The molecule has 1 rings (SSSR count). The minimum absolute atomic E-state index is 0.0565. The summed E-state index contributed by atoms with van der Waals surface area (Å²) < 4.78 is 4.84. The van der Waals surface area contributed by atoms with Gasteiger partial charge in [0.2, 0.25) is 0 Å². The average molecular weight is 253 g/mol. The molecule has 0 atom stereocenters. The molecular formula is C12H13ClN2O2. The van der Waals surface area contributed by atoms with Gasteiger partial charge in [-0.2, -0.15) is 5.26 Å². The Morgan fingerprint density at radius 1 is 1.53 bits per heavy atom. The van der Waals surface area contributed by atoms with Crippen molar-refractivity contribution in [1.82, 2.24) is 0 Å². The molecule has 4 nitrogen and oxygen atoms in total. The summed E-state index contributed by atoms with van der Waals surface area (Å²) >= 11 is 5.93. The Balaban J connectivity index is 3.05. The molecule has 0 spiro atoms. The predicted octanol–water partition coefficient (Wildman–Crippen LogP) is 1.78. The molecule has 0 aliphatic heterocycles. The molecule has 1 aromatic carbocycles. The number of carbonyl (C=O) groups excluding carboxylic acids is 1. The number of carbonyl (C=O) groups is 1. The number of nitrogens with zero attached hydrogens (tertiary/aromatic N) is 1. The molecule has 0 aromatic heterocycles. The first-order valence-corrected chi connectivity index (χ1v) is 5.57. The Morgan fingerprint density at radius 2 is 2.24 bits per heavy atom. The Hall–Kier alpha value is -1.57. The lowest BCUT2D eigenvalue weighted by molar-refractivity contribution is -0.142. The molecule has 0 unspecified atom stereocenters. The molecule has 0 bridgehead atoms. The van der Waals surface area contributed by atoms with Crippen LogP contribution in [0.5, 0.6) is 0 Å². The number of rotatable bonds is 4. The lowest BCUT2D eigenvalue weighted by Gasteiger charge is -2.08. The molecule has 90 valence electrons. The van der Waals surface area contributed by atoms with Gasteiger partial charge >= 0.3 is 5.97 Å². The van der Waals surface area contributed by atoms with Gasteiger partial charge in [0.1, 0.15) is 0 Å². The van der Waals surface area contributed by atoms with Gasteiger partial charge in [0.15, 0.2) is 0 Å². The molecule has 0 saturated heterocycles. The van der Waals surface area contributed by atoms with Gasteiger partial charge in [0, 0.05) is 11.6 Å². The van der Waals surface area contributed by atoms with E-state index in [1.165, 1.54) is 6.07 Å². The van der Waals surface area contributed by atoms with E-state index in [2.05, 4.69) is 0 Å². The van der Waals surface area contributed by atoms with Crippen LogP contribution < -0.4 is 5.73 Å². The Kier molecular flexibility index (Phi) is 4.95. The van der Waals surface area contributed by atoms with Crippen LogP contribution in [0.15, 0.2) is 12.1 Å². The molecule has 1 aromatic rings. The topological polar surface area (TPSA) is 76.1 Å². The van der Waals surface area contributed by atoms with E-state index in [-0.39, 0.29) is 18.9 Å². The number of nitrogens with two attached hydrogens (primary N) is 1. The number of hydrogen-bond donors (Lipinski definition) is 1. The highest BCUT2D eigenvalue weighted by atomic mass is 35.5. The highest BCUT2D eigenvalue weighted by Crippen LogP contribution is 2.21. The summed E-state index contributed by atoms with van der Waals surface area (Å²) in [5.41, 5.74) is 7.20. The average Bonchev–Trinajstić information content (AvgIpc) is 2.31. The van der Waals surface area contributed by atoms with E-state index in [1.54, 1.807) is 13.0 Å². The summed E-state index contributed by atoms with van der Waals surface area (Å²) in [6.07, 6.45) is 0.0565. The highest BCUT2D eigenvalue weighted by Gasteiger charge is 2.12. The summed E-state index contributed by atoms with van der Waals surface area (Å²) in [5.74, 6) is -0.366. The van der Waals surface area contributed by atoms with Gasteiger partial charge in [-0.15, -0.1) is 0 Å². The van der Waals surface area contributed by atoms with Gasteiger partial charge in [-0.05, 0) is 24.1 Å². The maximum atomic E-state index is 11.4. The third kappa shape index (κ3) is 3.45. The zero-order chi connectivity index (χ0) is 12.8. The quantitative estimate of drug-likeness (QED) is 0.829. The third-order valence-electron chi connectivity index (χ3n) is 2.25. The molecule has 0 aliphatic rings. The summed E-state index contributed by atoms with van der Waals surface area (Å²) in [7, 11) is 0. The molecule has 0 radical (unpaired) electrons. The van der Waals surface area contributed by atoms with Crippen LogP contribution in [0.2, 0.25) is 5.02 Å². The van der Waals surface area contributed by atoms with Gasteiger partial charge in [-0.1, -0.05) is 17.7 Å². The van der Waals surface area contributed by atoms with Gasteiger partial charge in [-0.3, -0.25) is 4.79 Å². The van der Waals surface area contributed by atoms with Crippen molar-refractivity contribution < 1.29 is 9.53 Å². The first-order chi connectivity index (χ1) is 8.12. The molecule has 17 heavy (non-hydrogen) atoms. The summed E-state index contributed by atoms with van der Waals surface area (Å²) in [5, 5.41) is 9.40. The van der Waals surface area contributed by atoms with Crippen LogP contribution in [0.1, 0.15) is 23.6 Å². The van der Waals surface area contributed by atoms with Gasteiger partial charge in [0.25, 0.3) is 0 Å². The third-order valence-corrected chi connectivity index (χ3v) is 2.60. The van der Waals surface area contributed by atoms with Crippen molar-refractivity contribution in [3.05, 3.63) is 33.8 Å². The van der Waals surface area contributed by atoms with Crippen molar-refractivity contribution in [2.75, 3.05) is 6.61 Å². The van der Waals surface area contributed by atoms with Crippen LogP contribution in [-0.4, -0.2) is 12.6 Å². The van der Waals surface area contributed by atoms with E-state index < -0.39 is 0 Å². The highest BCUT2D eigenvalue weighted by molar-refractivity contribution is 6.31. The van der Waals surface area contributed by atoms with Gasteiger partial charge in [0.05, 0.1) is 24.7 Å². The predicted molar refractivity (Wildman–Crippen MR) is 64.4 cm³/mol. The standard InChI is InChI=1S/C12H13ClN2O2/c1-2-17-12(16)5-8-3-10(7-15)11(13)4-9(8)6-14/h3-4H,2,5,7,15H2,1H3. The van der Waals surface area contributed by atoms with Crippen molar-refractivity contribution in [2.24, 2.45) is 5.73 Å². The minimum Gasteiger partial charge on any atom is -0.466 e. The number of hydrogen-bond acceptors (Lipinski definition) is 4. The van der Waals surface area contributed by atoms with E-state index >= 15 is 0 Å². The van der Waals surface area contributed by atoms with Crippen molar-refractivity contribution in [2.45, 2.75) is 19.9 Å². The fraction of sp³-hybridized carbons (Fsp3) is 0.333. The van der Waals surface area contributed by atoms with Crippen molar-refractivity contribution in [1.29, 1.82) is 5.26 Å². The Labute approximate surface area is 105 Å². The number of esters is 1. The number of nitriles is 1. The number of halogens is 1. The van der Waals surface area contributed by atoms with Crippen LogP contribution >= 0.6 is 11.6 Å². The fourth-order valence-electron chi connectivity index (χ4n) is 1.44. The molecule has 0 aliphatic carbocycles. The van der Waals surface area contributed by atoms with Crippen LogP contribution in [0.4, 0.5) is 0 Å². The number of benzene rings is 1. The minimum atomic E-state index is -0.366. The van der Waals surface area contributed by atoms with Crippen LogP contribution in [0, 0.1) is 11.3 Å². The zero-order valence-corrected chi connectivity index (χ0v) is 10.3. The van der Waals surface area contributed by atoms with Crippen LogP contribution in [-0.2, 0) is 22.5 Å². The maximum Gasteiger partial charge on any atom is 0.310 e. The van der Waals surface area contributed by atoms with Gasteiger partial charge in [-0.25, -0.2) is 0 Å². The van der Waals surface area contributed by atoms with E-state index in [0.29, 0.717) is 28.3 Å². The normalized spacial score (nSPS) is 9.76. The summed E-state index contributed by atoms with van der Waals surface area (Å²) in [6.45, 7) is 2.31. The molecule has 2 N–H and O–H groups in total. The molecule has 0 saturated carbocycles. The lowest BCUT2D eigenvalue weighted by atomic mass is 10.0. The zero-order valence-electron chi connectivity index (χ0n) is 9.50. The van der Waals surface area contributed by atoms with E-state index in [4.69, 9.17) is 27.3 Å². The number of ether oxygens (including phenoxy) is 1. The second-order valence-corrected chi connectivity index (χ2v) is 3.81. The first kappa shape index (κ1) is 13.5. The van der Waals surface area contributed by atoms with Crippen molar-refractivity contribution in [3.8, 4) is 6.07 Å². The van der Waals surface area contributed by atoms with Crippen LogP contribution in [0.3, 0.4) is 0 Å². The molecule has 0 heterocycles. The second kappa shape index (κ2) is 6.24. The molecule has 5 heteroatoms. The molecule has 0 amide bonds. The lowest BCUT2D eigenvalue weighted by Crippen LogP contribution is -2.10. The Bertz CT molecular complexity index is 466.